The molecule has 4 N–H and O–H groups in total. The molecule has 220 valence electrons. The van der Waals surface area contributed by atoms with Crippen molar-refractivity contribution < 1.29 is 19.4 Å². The van der Waals surface area contributed by atoms with E-state index in [2.05, 4.69) is 11.9 Å². The Bertz CT molecular complexity index is 1430. The molecule has 0 bridgehead atoms. The summed E-state index contributed by atoms with van der Waals surface area (Å²) >= 11 is 6.35. The number of rotatable bonds is 11. The van der Waals surface area contributed by atoms with Gasteiger partial charge in [-0.05, 0) is 61.6 Å². The van der Waals surface area contributed by atoms with Crippen LogP contribution in [0.3, 0.4) is 0 Å². The number of aliphatic hydroxyl groups excluding tert-OH is 1. The summed E-state index contributed by atoms with van der Waals surface area (Å²) in [6.45, 7) is 5.90. The number of anilines is 1. The predicted molar refractivity (Wildman–Crippen MR) is 167 cm³/mol. The molecule has 3 aromatic rings. The van der Waals surface area contributed by atoms with Crippen molar-refractivity contribution in [2.45, 2.75) is 44.2 Å². The van der Waals surface area contributed by atoms with Crippen LogP contribution in [0.5, 0.6) is 5.75 Å². The number of ether oxygens (including phenoxy) is 1. The van der Waals surface area contributed by atoms with Crippen molar-refractivity contribution in [1.29, 1.82) is 0 Å². The lowest BCUT2D eigenvalue weighted by atomic mass is 9.93. The smallest absolute Gasteiger partial charge is 0.247 e. The zero-order valence-corrected chi connectivity index (χ0v) is 24.6. The highest BCUT2D eigenvalue weighted by Crippen LogP contribution is 2.34. The van der Waals surface area contributed by atoms with Crippen molar-refractivity contribution in [2.75, 3.05) is 18.7 Å². The van der Waals surface area contributed by atoms with Gasteiger partial charge in [-0.3, -0.25) is 14.6 Å². The molecule has 0 aliphatic carbocycles. The number of carbonyl (C=O) groups excluding carboxylic acids is 2. The van der Waals surface area contributed by atoms with Gasteiger partial charge >= 0.3 is 0 Å². The minimum Gasteiger partial charge on any atom is -0.495 e. The molecule has 1 fully saturated rings. The number of nitrogens with two attached hydrogens (primary N) is 1. The number of hydrazine groups is 1. The zero-order chi connectivity index (χ0) is 30.2. The summed E-state index contributed by atoms with van der Waals surface area (Å²) in [6.07, 6.45) is 3.08. The highest BCUT2D eigenvalue weighted by Gasteiger charge is 2.41. The van der Waals surface area contributed by atoms with Crippen LogP contribution < -0.4 is 20.9 Å². The Labute approximate surface area is 252 Å². The Morgan fingerprint density at radius 3 is 2.43 bits per heavy atom. The normalized spacial score (nSPS) is 17.5. The van der Waals surface area contributed by atoms with Crippen LogP contribution in [0.15, 0.2) is 97.3 Å². The third-order valence-electron chi connectivity index (χ3n) is 7.53. The number of benzene rings is 3. The van der Waals surface area contributed by atoms with Crippen LogP contribution in [-0.2, 0) is 9.59 Å². The van der Waals surface area contributed by atoms with Gasteiger partial charge in [0.1, 0.15) is 11.8 Å². The number of carbonyl (C=O) groups is 2. The van der Waals surface area contributed by atoms with Crippen molar-refractivity contribution in [3.8, 4) is 5.75 Å². The summed E-state index contributed by atoms with van der Waals surface area (Å²) in [5.41, 5.74) is 3.23. The molecular weight excluding hydrogens is 552 g/mol. The van der Waals surface area contributed by atoms with E-state index in [0.717, 1.165) is 11.3 Å². The second-order valence-electron chi connectivity index (χ2n) is 10.3. The summed E-state index contributed by atoms with van der Waals surface area (Å²) in [7, 11) is 1.52. The van der Waals surface area contributed by atoms with Gasteiger partial charge < -0.3 is 20.1 Å². The Morgan fingerprint density at radius 2 is 1.81 bits per heavy atom. The molecule has 0 saturated carbocycles. The van der Waals surface area contributed by atoms with Crippen LogP contribution in [0.1, 0.15) is 43.2 Å². The van der Waals surface area contributed by atoms with Gasteiger partial charge in [-0.2, -0.15) is 0 Å². The molecule has 42 heavy (non-hydrogen) atoms. The molecule has 0 aromatic heterocycles. The van der Waals surface area contributed by atoms with Gasteiger partial charge in [-0.25, -0.2) is 5.84 Å². The maximum Gasteiger partial charge on any atom is 0.247 e. The lowest BCUT2D eigenvalue weighted by molar-refractivity contribution is -0.141. The molecule has 1 unspecified atom stereocenters. The van der Waals surface area contributed by atoms with Gasteiger partial charge in [0.25, 0.3) is 0 Å². The van der Waals surface area contributed by atoms with Crippen LogP contribution in [0.4, 0.5) is 5.69 Å². The topological polar surface area (TPSA) is 108 Å². The van der Waals surface area contributed by atoms with Gasteiger partial charge in [0, 0.05) is 30.1 Å². The van der Waals surface area contributed by atoms with E-state index in [1.165, 1.54) is 12.1 Å². The third kappa shape index (κ3) is 7.02. The fraction of sp³-hybridized carbons (Fsp3) is 0.273. The van der Waals surface area contributed by atoms with Crippen molar-refractivity contribution in [1.82, 2.24) is 10.2 Å². The fourth-order valence-electron chi connectivity index (χ4n) is 5.31. The molecule has 1 aliphatic rings. The van der Waals surface area contributed by atoms with Gasteiger partial charge in [0.05, 0.1) is 23.7 Å². The third-order valence-corrected chi connectivity index (χ3v) is 7.82. The van der Waals surface area contributed by atoms with Crippen LogP contribution in [0.2, 0.25) is 5.02 Å². The number of halogens is 1. The number of hydrogen-bond donors (Lipinski definition) is 3. The monoisotopic (exact) mass is 588 g/mol. The molecule has 1 heterocycles. The highest BCUT2D eigenvalue weighted by atomic mass is 35.5. The molecule has 2 amide bonds. The number of amides is 2. The Balaban J connectivity index is 1.58. The molecule has 1 saturated heterocycles. The first kappa shape index (κ1) is 30.8. The fourth-order valence-corrected chi connectivity index (χ4v) is 5.58. The number of aliphatic hydroxyl groups is 1. The van der Waals surface area contributed by atoms with E-state index in [-0.39, 0.29) is 30.9 Å². The first-order chi connectivity index (χ1) is 20.2. The van der Waals surface area contributed by atoms with E-state index >= 15 is 0 Å². The molecule has 3 atom stereocenters. The molecule has 1 aliphatic heterocycles. The number of nitrogens with one attached hydrogen (secondary N) is 1. The average Bonchev–Trinajstić information content (AvgIpc) is 3.40. The number of nitrogens with zero attached hydrogens (tertiary/aromatic N) is 2. The van der Waals surface area contributed by atoms with E-state index in [4.69, 9.17) is 22.2 Å². The van der Waals surface area contributed by atoms with Crippen molar-refractivity contribution in [3.05, 3.63) is 113 Å². The lowest BCUT2D eigenvalue weighted by Crippen LogP contribution is -2.49. The SMILES string of the molecule is C=C(NC(=O)[C@H]1CC[C@H](C)N1C(=O)C(CCO)c1ccc(OC)c(Cl)c1)/C(=C\N(N)c1ccccc1)c1ccccc1. The van der Waals surface area contributed by atoms with Crippen molar-refractivity contribution >= 4 is 34.7 Å². The van der Waals surface area contributed by atoms with E-state index in [0.29, 0.717) is 40.4 Å². The summed E-state index contributed by atoms with van der Waals surface area (Å²) < 4.78 is 5.25. The molecule has 0 spiro atoms. The Morgan fingerprint density at radius 1 is 1.14 bits per heavy atom. The van der Waals surface area contributed by atoms with Crippen LogP contribution in [0, 0.1) is 0 Å². The quantitative estimate of drug-likeness (QED) is 0.160. The Kier molecular flexibility index (Phi) is 10.4. The average molecular weight is 589 g/mol. The first-order valence-electron chi connectivity index (χ1n) is 13.9. The summed E-state index contributed by atoms with van der Waals surface area (Å²) in [6, 6.07) is 23.2. The molecule has 0 radical (unpaired) electrons. The van der Waals surface area contributed by atoms with Crippen LogP contribution in [-0.4, -0.2) is 47.6 Å². The summed E-state index contributed by atoms with van der Waals surface area (Å²) in [5, 5.41) is 14.6. The maximum absolute atomic E-state index is 14.0. The Hall–Kier alpha value is -4.11. The molecule has 4 rings (SSSR count). The molecule has 3 aromatic carbocycles. The van der Waals surface area contributed by atoms with E-state index < -0.39 is 12.0 Å². The predicted octanol–water partition coefficient (Wildman–Crippen LogP) is 5.25. The van der Waals surface area contributed by atoms with Gasteiger partial charge in [0.2, 0.25) is 11.8 Å². The lowest BCUT2D eigenvalue weighted by Gasteiger charge is -2.32. The number of likely N-dealkylation sites (tertiary alicyclic amines) is 1. The van der Waals surface area contributed by atoms with Crippen molar-refractivity contribution in [3.63, 3.8) is 0 Å². The number of para-hydroxylation sites is 1. The number of allylic oxidation sites excluding steroid dienone is 1. The van der Waals surface area contributed by atoms with Gasteiger partial charge in [-0.15, -0.1) is 0 Å². The molecule has 8 nitrogen and oxygen atoms in total. The number of hydrogen-bond acceptors (Lipinski definition) is 6. The largest absolute Gasteiger partial charge is 0.495 e. The second kappa shape index (κ2) is 14.2. The first-order valence-corrected chi connectivity index (χ1v) is 14.3. The van der Waals surface area contributed by atoms with Crippen LogP contribution in [0.25, 0.3) is 5.57 Å². The standard InChI is InChI=1S/C33H37ClN4O4/c1-22-14-16-30(38(22)33(41)27(18-19-39)25-15-17-31(42-3)29(34)20-25)32(40)36-23(2)28(24-10-6-4-7-11-24)21-37(35)26-12-8-5-9-13-26/h4-13,15,17,20-22,27,30,39H,2,14,16,18-19,35H2,1,3H3,(H,36,40)/b28-21+/t22-,27?,30+/m0/s1. The minimum atomic E-state index is -0.709. The van der Waals surface area contributed by atoms with Crippen LogP contribution >= 0.6 is 11.6 Å². The zero-order valence-electron chi connectivity index (χ0n) is 23.9. The second-order valence-corrected chi connectivity index (χ2v) is 10.7. The van der Waals surface area contributed by atoms with Gasteiger partial charge in [-0.1, -0.05) is 72.8 Å². The van der Waals surface area contributed by atoms with E-state index in [1.54, 1.807) is 29.3 Å². The van der Waals surface area contributed by atoms with Crippen molar-refractivity contribution in [2.24, 2.45) is 5.84 Å². The molecular formula is C33H37ClN4O4. The maximum atomic E-state index is 14.0. The summed E-state index contributed by atoms with van der Waals surface area (Å²) in [4.78, 5) is 29.3. The van der Waals surface area contributed by atoms with E-state index in [9.17, 15) is 14.7 Å². The summed E-state index contributed by atoms with van der Waals surface area (Å²) in [5.74, 6) is 5.61. The highest BCUT2D eigenvalue weighted by molar-refractivity contribution is 6.32. The number of methoxy groups -OCH3 is 1. The van der Waals surface area contributed by atoms with E-state index in [1.807, 2.05) is 67.6 Å². The van der Waals surface area contributed by atoms with Gasteiger partial charge in [0.15, 0.2) is 0 Å². The molecule has 9 heteroatoms. The minimum absolute atomic E-state index is 0.168.